The molecule has 0 heterocycles. The number of aryl methyl sites for hydroxylation is 1. The van der Waals surface area contributed by atoms with E-state index < -0.39 is 20.1 Å². The van der Waals surface area contributed by atoms with E-state index >= 15 is 0 Å². The molecule has 0 unspecified atom stereocenters. The van der Waals surface area contributed by atoms with E-state index in [-0.39, 0.29) is 20.0 Å². The van der Waals surface area contributed by atoms with Crippen LogP contribution in [0.3, 0.4) is 0 Å². The Hall–Kier alpha value is -2.01. The Labute approximate surface area is 202 Å². The van der Waals surface area contributed by atoms with Gasteiger partial charge in [-0.2, -0.15) is 0 Å². The van der Waals surface area contributed by atoms with Crippen LogP contribution in [-0.4, -0.2) is 23.3 Å². The summed E-state index contributed by atoms with van der Waals surface area (Å²) in [6.45, 7) is 13.4. The van der Waals surface area contributed by atoms with Crippen molar-refractivity contribution < 1.29 is 17.6 Å². The van der Waals surface area contributed by atoms with Crippen LogP contribution in [0, 0.1) is 6.92 Å². The Balaban J connectivity index is 1.63. The van der Waals surface area contributed by atoms with Crippen molar-refractivity contribution in [2.45, 2.75) is 57.3 Å². The summed E-state index contributed by atoms with van der Waals surface area (Å²) in [5.74, 6) is 0.988. The quantitative estimate of drug-likeness (QED) is 0.296. The molecule has 0 spiro atoms. The fourth-order valence-electron chi connectivity index (χ4n) is 3.07. The van der Waals surface area contributed by atoms with Crippen LogP contribution in [0.25, 0.3) is 11.1 Å². The van der Waals surface area contributed by atoms with Crippen molar-refractivity contribution in [1.29, 1.82) is 0 Å². The second kappa shape index (κ2) is 9.69. The van der Waals surface area contributed by atoms with E-state index in [1.807, 2.05) is 12.1 Å². The second-order valence-corrected chi connectivity index (χ2v) is 16.8. The third-order valence-electron chi connectivity index (χ3n) is 6.22. The fraction of sp³-hybridized carbons (Fsp3) is 0.333. The first-order valence-corrected chi connectivity index (χ1v) is 15.9. The molecule has 33 heavy (non-hydrogen) atoms. The third kappa shape index (κ3) is 6.53. The molecule has 0 atom stereocenters. The molecule has 176 valence electrons. The van der Waals surface area contributed by atoms with E-state index in [0.717, 1.165) is 34.3 Å². The molecule has 3 rings (SSSR count). The van der Waals surface area contributed by atoms with Crippen molar-refractivity contribution in [3.63, 3.8) is 0 Å². The van der Waals surface area contributed by atoms with Gasteiger partial charge in [0.15, 0.2) is 0 Å². The van der Waals surface area contributed by atoms with Gasteiger partial charge in [-0.05, 0) is 0 Å². The summed E-state index contributed by atoms with van der Waals surface area (Å²) in [6, 6.07) is 19.9. The van der Waals surface area contributed by atoms with E-state index in [4.69, 9.17) is 4.43 Å². The molecular formula is C27H31F3OSeSi. The van der Waals surface area contributed by atoms with Gasteiger partial charge in [0, 0.05) is 0 Å². The fourth-order valence-corrected chi connectivity index (χ4v) is 6.14. The van der Waals surface area contributed by atoms with Gasteiger partial charge in [-0.1, -0.05) is 0 Å². The molecule has 3 aromatic carbocycles. The first-order valence-electron chi connectivity index (χ1n) is 11.0. The molecule has 0 radical (unpaired) electrons. The minimum atomic E-state index is -4.31. The van der Waals surface area contributed by atoms with Gasteiger partial charge in [0.1, 0.15) is 0 Å². The van der Waals surface area contributed by atoms with Crippen LogP contribution in [0.4, 0.5) is 13.2 Å². The van der Waals surface area contributed by atoms with Crippen molar-refractivity contribution >= 4 is 27.7 Å². The van der Waals surface area contributed by atoms with Crippen molar-refractivity contribution in [2.75, 3.05) is 0 Å². The van der Waals surface area contributed by atoms with Gasteiger partial charge in [-0.25, -0.2) is 0 Å². The molecule has 0 amide bonds. The van der Waals surface area contributed by atoms with Crippen LogP contribution in [0.2, 0.25) is 18.1 Å². The van der Waals surface area contributed by atoms with E-state index in [2.05, 4.69) is 71.1 Å². The number of alkyl halides is 3. The van der Waals surface area contributed by atoms with E-state index in [9.17, 15) is 13.2 Å². The topological polar surface area (TPSA) is 9.23 Å². The van der Waals surface area contributed by atoms with Gasteiger partial charge in [-0.15, -0.1) is 0 Å². The van der Waals surface area contributed by atoms with E-state index in [1.54, 1.807) is 0 Å². The van der Waals surface area contributed by atoms with Crippen LogP contribution in [0.5, 0.6) is 5.75 Å². The average Bonchev–Trinajstić information content (AvgIpc) is 2.73. The third-order valence-corrected chi connectivity index (χ3v) is 12.8. The maximum absolute atomic E-state index is 12.8. The summed E-state index contributed by atoms with van der Waals surface area (Å²) >= 11 is 0.288. The Morgan fingerprint density at radius 1 is 0.818 bits per heavy atom. The van der Waals surface area contributed by atoms with Gasteiger partial charge in [0.25, 0.3) is 0 Å². The van der Waals surface area contributed by atoms with Crippen molar-refractivity contribution in [3.8, 4) is 16.9 Å². The summed E-state index contributed by atoms with van der Waals surface area (Å²) in [5.41, 5.74) is 3.49. The predicted molar refractivity (Wildman–Crippen MR) is 135 cm³/mol. The number of hydrogen-bond acceptors (Lipinski definition) is 1. The van der Waals surface area contributed by atoms with Crippen LogP contribution in [-0.2, 0) is 11.5 Å². The number of hydrogen-bond donors (Lipinski definition) is 0. The Morgan fingerprint density at radius 2 is 1.36 bits per heavy atom. The summed E-state index contributed by atoms with van der Waals surface area (Å²) in [6.07, 6.45) is -4.31. The van der Waals surface area contributed by atoms with Crippen LogP contribution < -0.4 is 8.89 Å². The molecule has 0 aliphatic carbocycles. The average molecular weight is 536 g/mol. The van der Waals surface area contributed by atoms with E-state index in [1.165, 1.54) is 27.7 Å². The first-order chi connectivity index (χ1) is 15.3. The number of rotatable bonds is 6. The van der Waals surface area contributed by atoms with Crippen molar-refractivity contribution in [2.24, 2.45) is 0 Å². The monoisotopic (exact) mass is 536 g/mol. The molecule has 0 aromatic heterocycles. The van der Waals surface area contributed by atoms with Crippen molar-refractivity contribution in [1.82, 2.24) is 0 Å². The predicted octanol–water partition coefficient (Wildman–Crippen LogP) is 7.59. The van der Waals surface area contributed by atoms with Gasteiger partial charge in [0.2, 0.25) is 0 Å². The van der Waals surface area contributed by atoms with Gasteiger partial charge < -0.3 is 0 Å². The molecule has 3 aromatic rings. The van der Waals surface area contributed by atoms with Gasteiger partial charge >= 0.3 is 203 Å². The minimum absolute atomic E-state index is 0.161. The number of benzene rings is 3. The summed E-state index contributed by atoms with van der Waals surface area (Å²) in [4.78, 5) is 0. The van der Waals surface area contributed by atoms with Crippen LogP contribution in [0.1, 0.15) is 37.5 Å². The molecule has 0 N–H and O–H groups in total. The molecule has 0 saturated heterocycles. The molecule has 0 fully saturated rings. The molecule has 6 heteroatoms. The normalized spacial score (nSPS) is 12.6. The zero-order valence-corrected chi connectivity index (χ0v) is 22.7. The molecular weight excluding hydrogens is 504 g/mol. The maximum atomic E-state index is 12.8. The second-order valence-electron chi connectivity index (χ2n) is 9.85. The zero-order chi connectivity index (χ0) is 24.4. The molecule has 0 bridgehead atoms. The Kier molecular flexibility index (Phi) is 7.52. The van der Waals surface area contributed by atoms with Crippen LogP contribution in [0.15, 0.2) is 66.7 Å². The summed E-state index contributed by atoms with van der Waals surface area (Å²) < 4.78 is 46.1. The Morgan fingerprint density at radius 3 is 1.85 bits per heavy atom. The SMILES string of the molecule is Cc1cc([Se]Cc2ccc(-c3ccc(C(F)(F)F)cc3)cc2)ccc1O[Si](C)(C)C(C)(C)C. The van der Waals surface area contributed by atoms with Crippen LogP contribution >= 0.6 is 0 Å². The standard InChI is InChI=1S/C27H31F3OSeSi/c1-19-17-24(15-16-25(19)31-33(5,6)26(2,3)4)32-18-20-7-9-21(10-8-20)22-11-13-23(14-12-22)27(28,29)30/h7-17H,18H2,1-6H3. The molecule has 0 aliphatic heterocycles. The molecule has 1 nitrogen and oxygen atoms in total. The zero-order valence-electron chi connectivity index (χ0n) is 20.0. The summed E-state index contributed by atoms with van der Waals surface area (Å²) in [5, 5.41) is 1.12. The van der Waals surface area contributed by atoms with Gasteiger partial charge in [0.05, 0.1) is 0 Å². The van der Waals surface area contributed by atoms with E-state index in [0.29, 0.717) is 0 Å². The molecule has 0 aliphatic rings. The Bertz CT molecular complexity index is 1080. The molecule has 0 saturated carbocycles. The number of halogens is 3. The first kappa shape index (κ1) is 25.6. The van der Waals surface area contributed by atoms with Crippen molar-refractivity contribution in [3.05, 3.63) is 83.4 Å². The van der Waals surface area contributed by atoms with Gasteiger partial charge in [-0.3, -0.25) is 0 Å². The summed E-state index contributed by atoms with van der Waals surface area (Å²) in [7, 11) is -1.86.